The maximum absolute atomic E-state index is 11.2. The molecule has 0 amide bonds. The van der Waals surface area contributed by atoms with E-state index in [1.165, 1.54) is 0 Å². The van der Waals surface area contributed by atoms with Gasteiger partial charge in [-0.05, 0) is 12.3 Å². The number of ether oxygens (including phenoxy) is 2. The zero-order valence-electron chi connectivity index (χ0n) is 7.71. The largest absolute Gasteiger partial charge is 0.465 e. The third kappa shape index (κ3) is 2.81. The number of esters is 1. The number of rotatable bonds is 3. The van der Waals surface area contributed by atoms with Crippen LogP contribution in [0.2, 0.25) is 0 Å². The molecule has 3 heteroatoms. The van der Waals surface area contributed by atoms with Crippen LogP contribution in [0.1, 0.15) is 20.3 Å². The molecule has 0 aliphatic carbocycles. The first-order valence-corrected chi connectivity index (χ1v) is 4.44. The van der Waals surface area contributed by atoms with Crippen LogP contribution in [-0.2, 0) is 14.3 Å². The number of carbonyl (C=O) groups excluding carboxylic acids is 1. The van der Waals surface area contributed by atoms with Gasteiger partial charge in [-0.25, -0.2) is 0 Å². The minimum atomic E-state index is -0.0961. The lowest BCUT2D eigenvalue weighted by atomic mass is 10.1. The lowest BCUT2D eigenvalue weighted by molar-refractivity contribution is -0.149. The predicted octanol–water partition coefficient (Wildman–Crippen LogP) is 1.22. The first kappa shape index (κ1) is 9.52. The molecule has 0 aromatic heterocycles. The fourth-order valence-electron chi connectivity index (χ4n) is 1.09. The molecule has 1 aliphatic heterocycles. The lowest BCUT2D eigenvalue weighted by Gasteiger charge is -2.09. The maximum Gasteiger partial charge on any atom is 0.311 e. The summed E-state index contributed by atoms with van der Waals surface area (Å²) in [6, 6.07) is 0. The molecule has 3 nitrogen and oxygen atoms in total. The van der Waals surface area contributed by atoms with Crippen molar-refractivity contribution in [3.8, 4) is 0 Å². The highest BCUT2D eigenvalue weighted by atomic mass is 16.5. The summed E-state index contributed by atoms with van der Waals surface area (Å²) < 4.78 is 10.2. The van der Waals surface area contributed by atoms with E-state index in [1.54, 1.807) is 0 Å². The van der Waals surface area contributed by atoms with Crippen LogP contribution >= 0.6 is 0 Å². The van der Waals surface area contributed by atoms with Gasteiger partial charge in [0.2, 0.25) is 0 Å². The fourth-order valence-corrected chi connectivity index (χ4v) is 1.09. The minimum absolute atomic E-state index is 0.0104. The SMILES string of the molecule is CC(C)COC(=O)C1CCOC1. The predicted molar refractivity (Wildman–Crippen MR) is 44.7 cm³/mol. The van der Waals surface area contributed by atoms with Crippen LogP contribution in [0, 0.1) is 11.8 Å². The highest BCUT2D eigenvalue weighted by molar-refractivity contribution is 5.72. The molecular weight excluding hydrogens is 156 g/mol. The molecule has 0 spiro atoms. The van der Waals surface area contributed by atoms with Crippen LogP contribution in [0.15, 0.2) is 0 Å². The molecule has 0 saturated carbocycles. The Bertz CT molecular complexity index is 148. The smallest absolute Gasteiger partial charge is 0.311 e. The Hall–Kier alpha value is -0.570. The second-order valence-electron chi connectivity index (χ2n) is 3.58. The van der Waals surface area contributed by atoms with Gasteiger partial charge < -0.3 is 9.47 Å². The molecule has 1 heterocycles. The van der Waals surface area contributed by atoms with E-state index in [1.807, 2.05) is 13.8 Å². The molecule has 1 saturated heterocycles. The normalized spacial score (nSPS) is 23.1. The van der Waals surface area contributed by atoms with Crippen molar-refractivity contribution >= 4 is 5.97 Å². The highest BCUT2D eigenvalue weighted by Gasteiger charge is 2.24. The Balaban J connectivity index is 2.18. The molecule has 0 aromatic carbocycles. The van der Waals surface area contributed by atoms with Crippen molar-refractivity contribution in [1.29, 1.82) is 0 Å². The molecule has 70 valence electrons. The van der Waals surface area contributed by atoms with Gasteiger partial charge in [0.25, 0.3) is 0 Å². The van der Waals surface area contributed by atoms with Gasteiger partial charge in [0.1, 0.15) is 0 Å². The van der Waals surface area contributed by atoms with E-state index >= 15 is 0 Å². The third-order valence-corrected chi connectivity index (χ3v) is 1.82. The van der Waals surface area contributed by atoms with Crippen molar-refractivity contribution in [1.82, 2.24) is 0 Å². The molecule has 1 aliphatic rings. The number of hydrogen-bond acceptors (Lipinski definition) is 3. The Morgan fingerprint density at radius 1 is 1.67 bits per heavy atom. The van der Waals surface area contributed by atoms with Gasteiger partial charge in [-0.15, -0.1) is 0 Å². The fraction of sp³-hybridized carbons (Fsp3) is 0.889. The minimum Gasteiger partial charge on any atom is -0.465 e. The van der Waals surface area contributed by atoms with Gasteiger partial charge in [-0.2, -0.15) is 0 Å². The van der Waals surface area contributed by atoms with Crippen LogP contribution in [0.3, 0.4) is 0 Å². The standard InChI is InChI=1S/C9H16O3/c1-7(2)5-12-9(10)8-3-4-11-6-8/h7-8H,3-6H2,1-2H3. The van der Waals surface area contributed by atoms with Crippen molar-refractivity contribution in [3.05, 3.63) is 0 Å². The van der Waals surface area contributed by atoms with E-state index in [0.717, 1.165) is 6.42 Å². The van der Waals surface area contributed by atoms with Crippen molar-refractivity contribution in [2.75, 3.05) is 19.8 Å². The summed E-state index contributed by atoms with van der Waals surface area (Å²) in [7, 11) is 0. The van der Waals surface area contributed by atoms with Crippen LogP contribution in [0.25, 0.3) is 0 Å². The zero-order chi connectivity index (χ0) is 8.97. The third-order valence-electron chi connectivity index (χ3n) is 1.82. The lowest BCUT2D eigenvalue weighted by Crippen LogP contribution is -2.19. The summed E-state index contributed by atoms with van der Waals surface area (Å²) in [4.78, 5) is 11.2. The molecule has 12 heavy (non-hydrogen) atoms. The number of hydrogen-bond donors (Lipinski definition) is 0. The van der Waals surface area contributed by atoms with Crippen LogP contribution in [0.4, 0.5) is 0 Å². The first-order chi connectivity index (χ1) is 5.70. The van der Waals surface area contributed by atoms with Crippen molar-refractivity contribution in [2.24, 2.45) is 11.8 Å². The van der Waals surface area contributed by atoms with Gasteiger partial charge in [0, 0.05) is 6.61 Å². The Labute approximate surface area is 73.0 Å². The summed E-state index contributed by atoms with van der Waals surface area (Å²) in [5.41, 5.74) is 0. The van der Waals surface area contributed by atoms with E-state index in [2.05, 4.69) is 0 Å². The molecule has 1 unspecified atom stereocenters. The van der Waals surface area contributed by atoms with E-state index in [-0.39, 0.29) is 11.9 Å². The first-order valence-electron chi connectivity index (χ1n) is 4.44. The monoisotopic (exact) mass is 172 g/mol. The van der Waals surface area contributed by atoms with Crippen molar-refractivity contribution in [2.45, 2.75) is 20.3 Å². The molecule has 0 radical (unpaired) electrons. The van der Waals surface area contributed by atoms with E-state index in [0.29, 0.717) is 25.7 Å². The summed E-state index contributed by atoms with van der Waals surface area (Å²) in [6.07, 6.45) is 0.816. The zero-order valence-corrected chi connectivity index (χ0v) is 7.71. The van der Waals surface area contributed by atoms with Crippen LogP contribution in [-0.4, -0.2) is 25.8 Å². The molecule has 1 rings (SSSR count). The van der Waals surface area contributed by atoms with E-state index in [9.17, 15) is 4.79 Å². The summed E-state index contributed by atoms with van der Waals surface area (Å²) in [5.74, 6) is 0.307. The maximum atomic E-state index is 11.2. The van der Waals surface area contributed by atoms with Gasteiger partial charge in [0.15, 0.2) is 0 Å². The molecule has 0 N–H and O–H groups in total. The van der Waals surface area contributed by atoms with Crippen molar-refractivity contribution < 1.29 is 14.3 Å². The van der Waals surface area contributed by atoms with Gasteiger partial charge >= 0.3 is 5.97 Å². The van der Waals surface area contributed by atoms with Crippen LogP contribution < -0.4 is 0 Å². The second kappa shape index (κ2) is 4.45. The van der Waals surface area contributed by atoms with Crippen molar-refractivity contribution in [3.63, 3.8) is 0 Å². The second-order valence-corrected chi connectivity index (χ2v) is 3.58. The Kier molecular flexibility index (Phi) is 3.53. The Morgan fingerprint density at radius 3 is 2.92 bits per heavy atom. The summed E-state index contributed by atoms with van der Waals surface area (Å²) in [6.45, 7) is 5.81. The van der Waals surface area contributed by atoms with Crippen LogP contribution in [0.5, 0.6) is 0 Å². The highest BCUT2D eigenvalue weighted by Crippen LogP contribution is 2.14. The molecule has 0 aromatic rings. The molecular formula is C9H16O3. The summed E-state index contributed by atoms with van der Waals surface area (Å²) in [5, 5.41) is 0. The summed E-state index contributed by atoms with van der Waals surface area (Å²) >= 11 is 0. The average Bonchev–Trinajstić information content (AvgIpc) is 2.51. The molecule has 1 fully saturated rings. The van der Waals surface area contributed by atoms with Gasteiger partial charge in [-0.3, -0.25) is 4.79 Å². The quantitative estimate of drug-likeness (QED) is 0.600. The van der Waals surface area contributed by atoms with Gasteiger partial charge in [0.05, 0.1) is 19.1 Å². The van der Waals surface area contributed by atoms with E-state index in [4.69, 9.17) is 9.47 Å². The molecule has 0 bridgehead atoms. The average molecular weight is 172 g/mol. The topological polar surface area (TPSA) is 35.5 Å². The Morgan fingerprint density at radius 2 is 2.42 bits per heavy atom. The van der Waals surface area contributed by atoms with E-state index < -0.39 is 0 Å². The van der Waals surface area contributed by atoms with Gasteiger partial charge in [-0.1, -0.05) is 13.8 Å². The number of carbonyl (C=O) groups is 1. The molecule has 1 atom stereocenters.